The normalized spacial score (nSPS) is 15.5. The smallest absolute Gasteiger partial charge is 0.339 e. The van der Waals surface area contributed by atoms with E-state index in [2.05, 4.69) is 4.98 Å². The molecule has 1 aliphatic heterocycles. The lowest BCUT2D eigenvalue weighted by molar-refractivity contribution is -0.385. The summed E-state index contributed by atoms with van der Waals surface area (Å²) in [5, 5.41) is 20.1. The van der Waals surface area contributed by atoms with Crippen LogP contribution in [0.5, 0.6) is 0 Å². The lowest BCUT2D eigenvalue weighted by Gasteiger charge is -2.35. The van der Waals surface area contributed by atoms with Gasteiger partial charge in [-0.3, -0.25) is 10.1 Å². The van der Waals surface area contributed by atoms with Gasteiger partial charge in [-0.25, -0.2) is 18.2 Å². The summed E-state index contributed by atoms with van der Waals surface area (Å²) < 4.78 is 26.7. The molecule has 0 atom stereocenters. The molecule has 1 aromatic heterocycles. The number of aromatic nitrogens is 1. The first-order chi connectivity index (χ1) is 12.8. The highest BCUT2D eigenvalue weighted by atomic mass is 32.2. The average Bonchev–Trinajstić information content (AvgIpc) is 2.68. The van der Waals surface area contributed by atoms with Crippen LogP contribution in [0.4, 0.5) is 11.5 Å². The van der Waals surface area contributed by atoms with Gasteiger partial charge in [0, 0.05) is 44.5 Å². The Kier molecular flexibility index (Phi) is 5.06. The standard InChI is InChI=1S/C16H16N4O6S/c21-16(22)14-5-2-6-17-15(14)18-7-9-19(10-8-18)27(25,26)13-4-1-3-12(11-13)20(23)24/h1-6,11H,7-10H2,(H,21,22). The number of carboxylic acids is 1. The zero-order valence-corrected chi connectivity index (χ0v) is 14.9. The summed E-state index contributed by atoms with van der Waals surface area (Å²) in [6.07, 6.45) is 1.48. The summed E-state index contributed by atoms with van der Waals surface area (Å²) in [5.74, 6) is -0.817. The van der Waals surface area contributed by atoms with Gasteiger partial charge in [0.05, 0.1) is 9.82 Å². The summed E-state index contributed by atoms with van der Waals surface area (Å²) in [7, 11) is -3.88. The Morgan fingerprint density at radius 2 is 1.85 bits per heavy atom. The molecule has 1 fully saturated rings. The molecule has 0 unspecified atom stereocenters. The quantitative estimate of drug-likeness (QED) is 0.592. The number of piperazine rings is 1. The minimum absolute atomic E-state index is 0.0486. The number of nitrogens with zero attached hydrogens (tertiary/aromatic N) is 4. The molecule has 1 saturated heterocycles. The van der Waals surface area contributed by atoms with E-state index in [1.54, 1.807) is 4.90 Å². The molecule has 0 amide bonds. The van der Waals surface area contributed by atoms with Gasteiger partial charge >= 0.3 is 5.97 Å². The molecule has 1 aromatic carbocycles. The molecule has 0 spiro atoms. The molecule has 0 aliphatic carbocycles. The molecular formula is C16H16N4O6S. The van der Waals surface area contributed by atoms with Crippen molar-refractivity contribution in [1.82, 2.24) is 9.29 Å². The fraction of sp³-hybridized carbons (Fsp3) is 0.250. The zero-order valence-electron chi connectivity index (χ0n) is 14.1. The minimum atomic E-state index is -3.88. The highest BCUT2D eigenvalue weighted by Gasteiger charge is 2.31. The van der Waals surface area contributed by atoms with Crippen molar-refractivity contribution in [1.29, 1.82) is 0 Å². The number of benzene rings is 1. The van der Waals surface area contributed by atoms with Crippen LogP contribution in [-0.4, -0.2) is 59.9 Å². The highest BCUT2D eigenvalue weighted by molar-refractivity contribution is 7.89. The van der Waals surface area contributed by atoms with Gasteiger partial charge in [0.15, 0.2) is 0 Å². The number of hydrogen-bond donors (Lipinski definition) is 1. The van der Waals surface area contributed by atoms with Crippen molar-refractivity contribution in [2.45, 2.75) is 4.90 Å². The van der Waals surface area contributed by atoms with E-state index >= 15 is 0 Å². The van der Waals surface area contributed by atoms with Gasteiger partial charge in [-0.15, -0.1) is 0 Å². The fourth-order valence-electron chi connectivity index (χ4n) is 2.86. The molecule has 11 heteroatoms. The lowest BCUT2D eigenvalue weighted by atomic mass is 10.2. The van der Waals surface area contributed by atoms with Crippen molar-refractivity contribution < 1.29 is 23.2 Å². The van der Waals surface area contributed by atoms with Crippen molar-refractivity contribution >= 4 is 27.5 Å². The molecule has 2 aromatic rings. The minimum Gasteiger partial charge on any atom is -0.478 e. The number of anilines is 1. The zero-order chi connectivity index (χ0) is 19.6. The Hall–Kier alpha value is -3.05. The Labute approximate surface area is 154 Å². The number of sulfonamides is 1. The van der Waals surface area contributed by atoms with Crippen LogP contribution in [0, 0.1) is 10.1 Å². The maximum absolute atomic E-state index is 12.8. The van der Waals surface area contributed by atoms with Crippen molar-refractivity contribution in [3.8, 4) is 0 Å². The van der Waals surface area contributed by atoms with E-state index in [-0.39, 0.29) is 48.1 Å². The van der Waals surface area contributed by atoms with Crippen molar-refractivity contribution in [2.75, 3.05) is 31.1 Å². The Balaban J connectivity index is 1.78. The number of pyridine rings is 1. The summed E-state index contributed by atoms with van der Waals surface area (Å²) in [5.41, 5.74) is -0.248. The predicted octanol–water partition coefficient (Wildman–Crippen LogP) is 1.20. The monoisotopic (exact) mass is 392 g/mol. The fourth-order valence-corrected chi connectivity index (χ4v) is 4.33. The first-order valence-electron chi connectivity index (χ1n) is 7.98. The Morgan fingerprint density at radius 1 is 1.15 bits per heavy atom. The number of non-ortho nitro benzene ring substituents is 1. The van der Waals surface area contributed by atoms with Crippen molar-refractivity contribution in [3.63, 3.8) is 0 Å². The molecule has 0 radical (unpaired) electrons. The van der Waals surface area contributed by atoms with Crippen LogP contribution >= 0.6 is 0 Å². The van der Waals surface area contributed by atoms with Gasteiger partial charge < -0.3 is 10.0 Å². The van der Waals surface area contributed by atoms with Crippen LogP contribution in [0.25, 0.3) is 0 Å². The molecule has 2 heterocycles. The van der Waals surface area contributed by atoms with E-state index in [0.717, 1.165) is 6.07 Å². The van der Waals surface area contributed by atoms with Gasteiger partial charge in [0.1, 0.15) is 11.4 Å². The maximum Gasteiger partial charge on any atom is 0.339 e. The molecule has 0 saturated carbocycles. The van der Waals surface area contributed by atoms with Crippen LogP contribution in [0.1, 0.15) is 10.4 Å². The summed E-state index contributed by atoms with van der Waals surface area (Å²) in [6.45, 7) is 0.734. The topological polar surface area (TPSA) is 134 Å². The molecular weight excluding hydrogens is 376 g/mol. The second-order valence-corrected chi connectivity index (χ2v) is 7.76. The predicted molar refractivity (Wildman–Crippen MR) is 95.3 cm³/mol. The number of aromatic carboxylic acids is 1. The average molecular weight is 392 g/mol. The summed E-state index contributed by atoms with van der Waals surface area (Å²) in [6, 6.07) is 7.87. The van der Waals surface area contributed by atoms with Gasteiger partial charge in [-0.2, -0.15) is 4.31 Å². The van der Waals surface area contributed by atoms with E-state index < -0.39 is 20.9 Å². The third-order valence-corrected chi connectivity index (χ3v) is 6.12. The second-order valence-electron chi connectivity index (χ2n) is 5.83. The van der Waals surface area contributed by atoms with Gasteiger partial charge in [0.2, 0.25) is 10.0 Å². The van der Waals surface area contributed by atoms with Crippen LogP contribution in [0.3, 0.4) is 0 Å². The molecule has 27 heavy (non-hydrogen) atoms. The highest BCUT2D eigenvalue weighted by Crippen LogP contribution is 2.24. The molecule has 3 rings (SSSR count). The molecule has 1 aliphatic rings. The van der Waals surface area contributed by atoms with Crippen LogP contribution in [-0.2, 0) is 10.0 Å². The summed E-state index contributed by atoms with van der Waals surface area (Å²) in [4.78, 5) is 27.2. The third kappa shape index (κ3) is 3.73. The van der Waals surface area contributed by atoms with E-state index in [1.807, 2.05) is 0 Å². The van der Waals surface area contributed by atoms with Crippen LogP contribution < -0.4 is 4.90 Å². The largest absolute Gasteiger partial charge is 0.478 e. The number of rotatable bonds is 5. The SMILES string of the molecule is O=C(O)c1cccnc1N1CCN(S(=O)(=O)c2cccc([N+](=O)[O-])c2)CC1. The maximum atomic E-state index is 12.8. The van der Waals surface area contributed by atoms with Gasteiger partial charge in [-0.05, 0) is 18.2 Å². The Morgan fingerprint density at radius 3 is 2.48 bits per heavy atom. The van der Waals surface area contributed by atoms with Crippen LogP contribution in [0.15, 0.2) is 47.5 Å². The number of nitro benzene ring substituents is 1. The van der Waals surface area contributed by atoms with E-state index in [0.29, 0.717) is 0 Å². The van der Waals surface area contributed by atoms with Crippen molar-refractivity contribution in [2.24, 2.45) is 0 Å². The summed E-state index contributed by atoms with van der Waals surface area (Å²) >= 11 is 0. The Bertz CT molecular complexity index is 986. The van der Waals surface area contributed by atoms with Gasteiger partial charge in [0.25, 0.3) is 5.69 Å². The molecule has 10 nitrogen and oxygen atoms in total. The van der Waals surface area contributed by atoms with E-state index in [1.165, 1.54) is 40.8 Å². The first-order valence-corrected chi connectivity index (χ1v) is 9.42. The number of carbonyl (C=O) groups is 1. The van der Waals surface area contributed by atoms with Gasteiger partial charge in [-0.1, -0.05) is 6.07 Å². The number of carboxylic acid groups (broad SMARTS) is 1. The molecule has 0 bridgehead atoms. The lowest BCUT2D eigenvalue weighted by Crippen LogP contribution is -2.49. The van der Waals surface area contributed by atoms with Crippen LogP contribution in [0.2, 0.25) is 0 Å². The number of nitro groups is 1. The second kappa shape index (κ2) is 7.29. The molecule has 142 valence electrons. The molecule has 1 N–H and O–H groups in total. The third-order valence-electron chi connectivity index (χ3n) is 4.22. The number of hydrogen-bond acceptors (Lipinski definition) is 7. The van der Waals surface area contributed by atoms with Crippen molar-refractivity contribution in [3.05, 3.63) is 58.3 Å². The first kappa shape index (κ1) is 18.7. The van der Waals surface area contributed by atoms with E-state index in [9.17, 15) is 28.4 Å². The van der Waals surface area contributed by atoms with E-state index in [4.69, 9.17) is 0 Å².